The molecule has 0 saturated heterocycles. The summed E-state index contributed by atoms with van der Waals surface area (Å²) < 4.78 is 2.38. The molecule has 48 heavy (non-hydrogen) atoms. The Morgan fingerprint density at radius 1 is 0.396 bits per heavy atom. The van der Waals surface area contributed by atoms with E-state index in [1.165, 1.54) is 94.3 Å². The Hall–Kier alpha value is -5.66. The molecular weight excluding hydrogens is 579 g/mol. The van der Waals surface area contributed by atoms with Crippen LogP contribution in [0.1, 0.15) is 29.2 Å². The van der Waals surface area contributed by atoms with Crippen molar-refractivity contribution >= 4 is 21.8 Å². The topological polar surface area (TPSA) is 4.93 Å². The van der Waals surface area contributed by atoms with Crippen molar-refractivity contribution in [1.82, 2.24) is 4.57 Å². The Bertz CT molecular complexity index is 2460. The first-order valence-electron chi connectivity index (χ1n) is 17.0. The SMILES string of the molecule is CCc1ccccc1-c1cc(-c2ccc(C)c(-c3cc(-c4ccc5c(c4)c4ccccc4n5-c4ccccc4)ccc3C)c2)ccc1C. The predicted molar refractivity (Wildman–Crippen MR) is 206 cm³/mol. The lowest BCUT2D eigenvalue weighted by Gasteiger charge is -2.16. The van der Waals surface area contributed by atoms with E-state index in [4.69, 9.17) is 0 Å². The summed E-state index contributed by atoms with van der Waals surface area (Å²) in [4.78, 5) is 0. The average molecular weight is 618 g/mol. The number of rotatable bonds is 6. The number of hydrogen-bond acceptors (Lipinski definition) is 0. The Balaban J connectivity index is 1.22. The number of hydrogen-bond donors (Lipinski definition) is 0. The van der Waals surface area contributed by atoms with Crippen LogP contribution in [0.15, 0.2) is 152 Å². The Morgan fingerprint density at radius 2 is 0.875 bits per heavy atom. The molecule has 1 aromatic heterocycles. The Labute approximate surface area is 283 Å². The maximum absolute atomic E-state index is 2.39. The van der Waals surface area contributed by atoms with Gasteiger partial charge in [-0.1, -0.05) is 110 Å². The number of nitrogens with zero attached hydrogens (tertiary/aromatic N) is 1. The molecule has 232 valence electrons. The summed E-state index contributed by atoms with van der Waals surface area (Å²) >= 11 is 0. The fourth-order valence-corrected chi connectivity index (χ4v) is 7.37. The van der Waals surface area contributed by atoms with E-state index in [1.54, 1.807) is 0 Å². The van der Waals surface area contributed by atoms with Crippen molar-refractivity contribution in [2.45, 2.75) is 34.1 Å². The summed E-state index contributed by atoms with van der Waals surface area (Å²) in [7, 11) is 0. The number of aromatic nitrogens is 1. The van der Waals surface area contributed by atoms with Gasteiger partial charge in [-0.05, 0) is 142 Å². The molecule has 0 amide bonds. The zero-order chi connectivity index (χ0) is 32.8. The monoisotopic (exact) mass is 617 g/mol. The van der Waals surface area contributed by atoms with Gasteiger partial charge >= 0.3 is 0 Å². The summed E-state index contributed by atoms with van der Waals surface area (Å²) in [6, 6.07) is 55.9. The van der Waals surface area contributed by atoms with Crippen molar-refractivity contribution < 1.29 is 0 Å². The maximum Gasteiger partial charge on any atom is 0.0541 e. The molecule has 0 unspecified atom stereocenters. The van der Waals surface area contributed by atoms with Crippen LogP contribution in [0.2, 0.25) is 0 Å². The summed E-state index contributed by atoms with van der Waals surface area (Å²) in [5.74, 6) is 0. The third kappa shape index (κ3) is 5.13. The second-order valence-electron chi connectivity index (χ2n) is 13.0. The molecule has 0 spiro atoms. The van der Waals surface area contributed by atoms with E-state index in [0.29, 0.717) is 0 Å². The zero-order valence-corrected chi connectivity index (χ0v) is 28.1. The molecular formula is C47H39N. The standard InChI is InChI=1S/C47H39N/c1-5-34-13-9-10-16-40(34)42-27-35(22-19-31(42)2)36-23-20-32(3)43(28-36)44-29-37(24-21-33(44)4)38-25-26-47-45(30-38)41-17-11-12-18-46(41)48(47)39-14-7-6-8-15-39/h6-30H,5H2,1-4H3. The second-order valence-corrected chi connectivity index (χ2v) is 13.0. The minimum atomic E-state index is 1.02. The lowest BCUT2D eigenvalue weighted by atomic mass is 9.88. The van der Waals surface area contributed by atoms with E-state index in [1.807, 2.05) is 0 Å². The van der Waals surface area contributed by atoms with Crippen molar-refractivity contribution in [3.05, 3.63) is 174 Å². The Morgan fingerprint density at radius 3 is 1.50 bits per heavy atom. The van der Waals surface area contributed by atoms with Crippen molar-refractivity contribution in [3.63, 3.8) is 0 Å². The smallest absolute Gasteiger partial charge is 0.0541 e. The molecule has 1 nitrogen and oxygen atoms in total. The minimum absolute atomic E-state index is 1.02. The highest BCUT2D eigenvalue weighted by Gasteiger charge is 2.15. The van der Waals surface area contributed by atoms with Gasteiger partial charge in [-0.25, -0.2) is 0 Å². The largest absolute Gasteiger partial charge is 0.309 e. The lowest BCUT2D eigenvalue weighted by Crippen LogP contribution is -1.93. The van der Waals surface area contributed by atoms with E-state index < -0.39 is 0 Å². The molecule has 8 aromatic rings. The van der Waals surface area contributed by atoms with E-state index in [9.17, 15) is 0 Å². The van der Waals surface area contributed by atoms with Crippen LogP contribution in [0.4, 0.5) is 0 Å². The van der Waals surface area contributed by atoms with Crippen molar-refractivity contribution in [2.24, 2.45) is 0 Å². The zero-order valence-electron chi connectivity index (χ0n) is 28.1. The molecule has 0 saturated carbocycles. The van der Waals surface area contributed by atoms with Crippen molar-refractivity contribution in [3.8, 4) is 50.2 Å². The molecule has 7 aromatic carbocycles. The van der Waals surface area contributed by atoms with Crippen LogP contribution in [0.3, 0.4) is 0 Å². The van der Waals surface area contributed by atoms with Gasteiger partial charge < -0.3 is 4.57 Å². The van der Waals surface area contributed by atoms with E-state index in [0.717, 1.165) is 6.42 Å². The van der Waals surface area contributed by atoms with Crippen molar-refractivity contribution in [2.75, 3.05) is 0 Å². The van der Waals surface area contributed by atoms with Gasteiger partial charge in [-0.15, -0.1) is 0 Å². The van der Waals surface area contributed by atoms with Crippen LogP contribution in [-0.2, 0) is 6.42 Å². The number of aryl methyl sites for hydroxylation is 4. The average Bonchev–Trinajstić information content (AvgIpc) is 3.46. The van der Waals surface area contributed by atoms with Gasteiger partial charge in [0.25, 0.3) is 0 Å². The van der Waals surface area contributed by atoms with Gasteiger partial charge in [0.1, 0.15) is 0 Å². The third-order valence-electron chi connectivity index (χ3n) is 10.0. The maximum atomic E-state index is 2.39. The van der Waals surface area contributed by atoms with E-state index >= 15 is 0 Å². The normalized spacial score (nSPS) is 11.4. The molecule has 0 aliphatic heterocycles. The number of benzene rings is 7. The molecule has 0 radical (unpaired) electrons. The summed E-state index contributed by atoms with van der Waals surface area (Å²) in [6.07, 6.45) is 1.02. The fourth-order valence-electron chi connectivity index (χ4n) is 7.37. The first-order valence-corrected chi connectivity index (χ1v) is 17.0. The molecule has 8 rings (SSSR count). The van der Waals surface area contributed by atoms with E-state index in [-0.39, 0.29) is 0 Å². The second kappa shape index (κ2) is 12.2. The highest BCUT2D eigenvalue weighted by Crippen LogP contribution is 2.39. The molecule has 1 heteroatoms. The van der Waals surface area contributed by atoms with Crippen LogP contribution in [0, 0.1) is 20.8 Å². The van der Waals surface area contributed by atoms with Gasteiger partial charge in [-0.3, -0.25) is 0 Å². The summed E-state index contributed by atoms with van der Waals surface area (Å²) in [5, 5.41) is 2.54. The number of fused-ring (bicyclic) bond motifs is 3. The fraction of sp³-hybridized carbons (Fsp3) is 0.106. The van der Waals surface area contributed by atoms with Crippen LogP contribution >= 0.6 is 0 Å². The number of para-hydroxylation sites is 2. The van der Waals surface area contributed by atoms with Gasteiger partial charge in [0.2, 0.25) is 0 Å². The molecule has 1 heterocycles. The predicted octanol–water partition coefficient (Wildman–Crippen LogP) is 12.9. The van der Waals surface area contributed by atoms with Crippen LogP contribution in [0.25, 0.3) is 72.0 Å². The summed E-state index contributed by atoms with van der Waals surface area (Å²) in [6.45, 7) is 8.92. The van der Waals surface area contributed by atoms with Gasteiger partial charge in [0.05, 0.1) is 11.0 Å². The van der Waals surface area contributed by atoms with Crippen LogP contribution < -0.4 is 0 Å². The van der Waals surface area contributed by atoms with Crippen LogP contribution in [0.5, 0.6) is 0 Å². The van der Waals surface area contributed by atoms with Crippen LogP contribution in [-0.4, -0.2) is 4.57 Å². The van der Waals surface area contributed by atoms with Gasteiger partial charge in [0, 0.05) is 16.5 Å². The minimum Gasteiger partial charge on any atom is -0.309 e. The first kappa shape index (κ1) is 29.7. The molecule has 0 fully saturated rings. The highest BCUT2D eigenvalue weighted by atomic mass is 15.0. The van der Waals surface area contributed by atoms with Gasteiger partial charge in [0.15, 0.2) is 0 Å². The molecule has 0 N–H and O–H groups in total. The Kier molecular flexibility index (Phi) is 7.54. The van der Waals surface area contributed by atoms with Crippen molar-refractivity contribution in [1.29, 1.82) is 0 Å². The molecule has 0 bridgehead atoms. The van der Waals surface area contributed by atoms with E-state index in [2.05, 4.69) is 184 Å². The first-order chi connectivity index (χ1) is 23.5. The quantitative estimate of drug-likeness (QED) is 0.175. The summed E-state index contributed by atoms with van der Waals surface area (Å²) in [5.41, 5.74) is 19.0. The van der Waals surface area contributed by atoms with Gasteiger partial charge in [-0.2, -0.15) is 0 Å². The molecule has 0 aliphatic rings. The highest BCUT2D eigenvalue weighted by molar-refractivity contribution is 6.10. The molecule has 0 aliphatic carbocycles. The lowest BCUT2D eigenvalue weighted by molar-refractivity contribution is 1.14. The third-order valence-corrected chi connectivity index (χ3v) is 10.0. The molecule has 0 atom stereocenters.